The monoisotopic (exact) mass is 446 g/mol. The van der Waals surface area contributed by atoms with Crippen molar-refractivity contribution in [2.24, 2.45) is 0 Å². The number of hydrogen-bond acceptors (Lipinski definition) is 6. The maximum absolute atomic E-state index is 12.9. The van der Waals surface area contributed by atoms with E-state index in [4.69, 9.17) is 18.9 Å². The van der Waals surface area contributed by atoms with Crippen LogP contribution in [0.3, 0.4) is 0 Å². The first-order valence-electron chi connectivity index (χ1n) is 10.9. The summed E-state index contributed by atoms with van der Waals surface area (Å²) in [5.74, 6) is -1.02. The minimum atomic E-state index is -0.835. The van der Waals surface area contributed by atoms with E-state index in [1.54, 1.807) is 48.5 Å². The Hall–Kier alpha value is -3.48. The van der Waals surface area contributed by atoms with Gasteiger partial charge in [-0.05, 0) is 36.8 Å². The van der Waals surface area contributed by atoms with Crippen molar-refractivity contribution in [2.45, 2.75) is 37.9 Å². The Morgan fingerprint density at radius 3 is 1.85 bits per heavy atom. The fourth-order valence-corrected chi connectivity index (χ4v) is 3.70. The van der Waals surface area contributed by atoms with Gasteiger partial charge in [-0.2, -0.15) is 0 Å². The molecule has 6 heteroatoms. The number of carbonyl (C=O) groups is 2. The topological polar surface area (TPSA) is 71.1 Å². The predicted molar refractivity (Wildman–Crippen MR) is 122 cm³/mol. The fourth-order valence-electron chi connectivity index (χ4n) is 3.70. The van der Waals surface area contributed by atoms with Crippen LogP contribution in [-0.4, -0.2) is 43.0 Å². The van der Waals surface area contributed by atoms with Crippen molar-refractivity contribution in [3.8, 4) is 0 Å². The van der Waals surface area contributed by atoms with Crippen LogP contribution in [0.25, 0.3) is 0 Å². The van der Waals surface area contributed by atoms with Gasteiger partial charge < -0.3 is 18.9 Å². The quantitative estimate of drug-likeness (QED) is 0.500. The molecular weight excluding hydrogens is 420 g/mol. The number of ether oxygens (including phenoxy) is 4. The second kappa shape index (κ2) is 10.9. The van der Waals surface area contributed by atoms with E-state index in [0.717, 1.165) is 5.56 Å². The summed E-state index contributed by atoms with van der Waals surface area (Å²) >= 11 is 0. The molecule has 4 atom stereocenters. The molecule has 1 aliphatic rings. The molecule has 1 saturated heterocycles. The number of benzene rings is 3. The molecule has 6 nitrogen and oxygen atoms in total. The van der Waals surface area contributed by atoms with Gasteiger partial charge in [0.15, 0.2) is 12.2 Å². The van der Waals surface area contributed by atoms with Gasteiger partial charge in [-0.15, -0.1) is 0 Å². The van der Waals surface area contributed by atoms with Crippen LogP contribution in [0.15, 0.2) is 91.0 Å². The summed E-state index contributed by atoms with van der Waals surface area (Å²) in [6, 6.07) is 27.1. The van der Waals surface area contributed by atoms with Gasteiger partial charge in [-0.1, -0.05) is 66.7 Å². The van der Waals surface area contributed by atoms with Crippen LogP contribution in [-0.2, 0) is 25.6 Å². The first-order valence-corrected chi connectivity index (χ1v) is 10.9. The predicted octanol–water partition coefficient (Wildman–Crippen LogP) is 4.44. The molecule has 0 spiro atoms. The molecule has 1 fully saturated rings. The van der Waals surface area contributed by atoms with Gasteiger partial charge >= 0.3 is 11.9 Å². The molecule has 170 valence electrons. The van der Waals surface area contributed by atoms with Crippen molar-refractivity contribution in [2.75, 3.05) is 6.61 Å². The maximum Gasteiger partial charge on any atom is 0.338 e. The second-order valence-electron chi connectivity index (χ2n) is 7.85. The molecule has 0 aromatic heterocycles. The highest BCUT2D eigenvalue weighted by Gasteiger charge is 2.44. The lowest BCUT2D eigenvalue weighted by atomic mass is 10.00. The van der Waals surface area contributed by atoms with E-state index in [9.17, 15) is 9.59 Å². The lowest BCUT2D eigenvalue weighted by Crippen LogP contribution is -2.56. The molecule has 4 rings (SSSR count). The van der Waals surface area contributed by atoms with E-state index >= 15 is 0 Å². The zero-order chi connectivity index (χ0) is 23.0. The summed E-state index contributed by atoms with van der Waals surface area (Å²) in [7, 11) is 0. The molecule has 33 heavy (non-hydrogen) atoms. The van der Waals surface area contributed by atoms with Gasteiger partial charge in [-0.25, -0.2) is 9.59 Å². The molecule has 0 N–H and O–H groups in total. The largest absolute Gasteiger partial charge is 0.452 e. The Kier molecular flexibility index (Phi) is 7.50. The van der Waals surface area contributed by atoms with Gasteiger partial charge in [0.25, 0.3) is 0 Å². The third-order valence-electron chi connectivity index (χ3n) is 5.48. The van der Waals surface area contributed by atoms with Crippen molar-refractivity contribution < 1.29 is 28.5 Å². The van der Waals surface area contributed by atoms with E-state index in [1.165, 1.54) is 0 Å². The molecule has 0 radical (unpaired) electrons. The minimum Gasteiger partial charge on any atom is -0.452 e. The highest BCUT2D eigenvalue weighted by atomic mass is 16.6. The average Bonchev–Trinajstić information content (AvgIpc) is 2.87. The molecule has 0 amide bonds. The molecule has 0 bridgehead atoms. The zero-order valence-corrected chi connectivity index (χ0v) is 18.3. The SMILES string of the molecule is C[C@@H]1OC[C@H](OC(=O)c2ccccc2)[C@H](OC(=O)c2ccccc2)[C@H]1OCc1ccccc1. The highest BCUT2D eigenvalue weighted by Crippen LogP contribution is 2.26. The van der Waals surface area contributed by atoms with Crippen molar-refractivity contribution >= 4 is 11.9 Å². The number of carbonyl (C=O) groups excluding carboxylic acids is 2. The lowest BCUT2D eigenvalue weighted by Gasteiger charge is -2.40. The van der Waals surface area contributed by atoms with Crippen LogP contribution < -0.4 is 0 Å². The lowest BCUT2D eigenvalue weighted by molar-refractivity contribution is -0.203. The van der Waals surface area contributed by atoms with E-state index < -0.39 is 30.3 Å². The van der Waals surface area contributed by atoms with Crippen LogP contribution in [0.4, 0.5) is 0 Å². The van der Waals surface area contributed by atoms with Crippen molar-refractivity contribution in [3.05, 3.63) is 108 Å². The Morgan fingerprint density at radius 2 is 1.27 bits per heavy atom. The number of esters is 2. The minimum absolute atomic E-state index is 0.0949. The Labute approximate surface area is 193 Å². The Bertz CT molecular complexity index is 1040. The summed E-state index contributed by atoms with van der Waals surface area (Å²) in [5, 5.41) is 0. The van der Waals surface area contributed by atoms with Gasteiger partial charge in [0.1, 0.15) is 6.10 Å². The summed E-state index contributed by atoms with van der Waals surface area (Å²) in [5.41, 5.74) is 1.79. The van der Waals surface area contributed by atoms with Crippen molar-refractivity contribution in [1.82, 2.24) is 0 Å². The smallest absolute Gasteiger partial charge is 0.338 e. The van der Waals surface area contributed by atoms with Crippen LogP contribution in [0.5, 0.6) is 0 Å². The number of rotatable bonds is 7. The van der Waals surface area contributed by atoms with Crippen molar-refractivity contribution in [1.29, 1.82) is 0 Å². The summed E-state index contributed by atoms with van der Waals surface area (Å²) in [6.45, 7) is 2.25. The fraction of sp³-hybridized carbons (Fsp3) is 0.259. The summed E-state index contributed by atoms with van der Waals surface area (Å²) < 4.78 is 23.6. The summed E-state index contributed by atoms with van der Waals surface area (Å²) in [4.78, 5) is 25.6. The van der Waals surface area contributed by atoms with Gasteiger partial charge in [0.05, 0.1) is 30.4 Å². The summed E-state index contributed by atoms with van der Waals surface area (Å²) in [6.07, 6.45) is -2.64. The van der Waals surface area contributed by atoms with Gasteiger partial charge in [0, 0.05) is 0 Å². The standard InChI is InChI=1S/C27H26O6/c1-19-24(31-17-20-11-5-2-6-12-20)25(33-27(29)22-15-9-4-10-16-22)23(18-30-19)32-26(28)21-13-7-3-8-14-21/h2-16,19,23-25H,17-18H2,1H3/t19-,23-,24-,25-/m0/s1. The first kappa shape index (κ1) is 22.7. The molecule has 0 saturated carbocycles. The Balaban J connectivity index is 1.55. The molecule has 0 unspecified atom stereocenters. The maximum atomic E-state index is 12.9. The Morgan fingerprint density at radius 1 is 0.758 bits per heavy atom. The van der Waals surface area contributed by atoms with Crippen LogP contribution in [0.2, 0.25) is 0 Å². The molecule has 3 aromatic carbocycles. The van der Waals surface area contributed by atoms with E-state index in [-0.39, 0.29) is 12.7 Å². The molecule has 1 aliphatic heterocycles. The van der Waals surface area contributed by atoms with Gasteiger partial charge in [0.2, 0.25) is 0 Å². The van der Waals surface area contributed by atoms with E-state index in [0.29, 0.717) is 17.7 Å². The highest BCUT2D eigenvalue weighted by molar-refractivity contribution is 5.90. The van der Waals surface area contributed by atoms with Crippen LogP contribution in [0.1, 0.15) is 33.2 Å². The molecule has 1 heterocycles. The van der Waals surface area contributed by atoms with Crippen molar-refractivity contribution in [3.63, 3.8) is 0 Å². The third-order valence-corrected chi connectivity index (χ3v) is 5.48. The first-order chi connectivity index (χ1) is 16.1. The van der Waals surface area contributed by atoms with E-state index in [2.05, 4.69) is 0 Å². The van der Waals surface area contributed by atoms with E-state index in [1.807, 2.05) is 49.4 Å². The zero-order valence-electron chi connectivity index (χ0n) is 18.3. The second-order valence-corrected chi connectivity index (χ2v) is 7.85. The van der Waals surface area contributed by atoms with Gasteiger partial charge in [-0.3, -0.25) is 0 Å². The average molecular weight is 446 g/mol. The molecule has 3 aromatic rings. The van der Waals surface area contributed by atoms with Crippen LogP contribution >= 0.6 is 0 Å². The number of hydrogen-bond donors (Lipinski definition) is 0. The third kappa shape index (κ3) is 5.86. The molecular formula is C27H26O6. The molecule has 0 aliphatic carbocycles. The normalized spacial score (nSPS) is 22.3. The van der Waals surface area contributed by atoms with Crippen LogP contribution in [0, 0.1) is 0 Å².